The van der Waals surface area contributed by atoms with E-state index in [2.05, 4.69) is 37.4 Å². The molecule has 1 aliphatic rings. The van der Waals surface area contributed by atoms with Crippen molar-refractivity contribution in [1.82, 2.24) is 5.32 Å². The van der Waals surface area contributed by atoms with Crippen LogP contribution in [-0.2, 0) is 0 Å². The SMILES string of the molecule is Cc1cccc2c1C(C)CC2NC[C@@H](C)O. The summed E-state index contributed by atoms with van der Waals surface area (Å²) in [7, 11) is 0. The van der Waals surface area contributed by atoms with Crippen LogP contribution in [0, 0.1) is 6.92 Å². The van der Waals surface area contributed by atoms with Crippen molar-refractivity contribution < 1.29 is 5.11 Å². The first-order chi connectivity index (χ1) is 7.59. The zero-order chi connectivity index (χ0) is 11.7. The number of hydrogen-bond acceptors (Lipinski definition) is 2. The molecule has 1 aromatic rings. The Labute approximate surface area is 97.7 Å². The largest absolute Gasteiger partial charge is 0.392 e. The smallest absolute Gasteiger partial charge is 0.0636 e. The van der Waals surface area contributed by atoms with E-state index in [0.717, 1.165) is 6.42 Å². The first-order valence-corrected chi connectivity index (χ1v) is 6.10. The minimum Gasteiger partial charge on any atom is -0.392 e. The van der Waals surface area contributed by atoms with Crippen LogP contribution in [0.1, 0.15) is 48.9 Å². The predicted octanol–water partition coefficient (Wildman–Crippen LogP) is 2.51. The van der Waals surface area contributed by atoms with Crippen LogP contribution >= 0.6 is 0 Å². The van der Waals surface area contributed by atoms with Crippen LogP contribution < -0.4 is 5.32 Å². The molecule has 0 bridgehead atoms. The Bertz CT molecular complexity index is 373. The van der Waals surface area contributed by atoms with E-state index >= 15 is 0 Å². The fourth-order valence-corrected chi connectivity index (χ4v) is 2.78. The number of nitrogens with one attached hydrogen (secondary N) is 1. The third kappa shape index (κ3) is 2.13. The van der Waals surface area contributed by atoms with Crippen molar-refractivity contribution in [2.45, 2.75) is 45.3 Å². The number of aryl methyl sites for hydroxylation is 1. The highest BCUT2D eigenvalue weighted by molar-refractivity contribution is 5.43. The molecule has 0 amide bonds. The average Bonchev–Trinajstić information content (AvgIpc) is 2.54. The van der Waals surface area contributed by atoms with Gasteiger partial charge in [0.25, 0.3) is 0 Å². The highest BCUT2D eigenvalue weighted by Gasteiger charge is 2.28. The maximum atomic E-state index is 9.32. The van der Waals surface area contributed by atoms with Crippen LogP contribution in [0.3, 0.4) is 0 Å². The molecule has 2 nitrogen and oxygen atoms in total. The number of fused-ring (bicyclic) bond motifs is 1. The lowest BCUT2D eigenvalue weighted by Gasteiger charge is -2.15. The number of aliphatic hydroxyl groups excluding tert-OH is 1. The zero-order valence-electron chi connectivity index (χ0n) is 10.3. The molecular weight excluding hydrogens is 198 g/mol. The van der Waals surface area contributed by atoms with E-state index in [9.17, 15) is 5.11 Å². The normalized spacial score (nSPS) is 25.5. The lowest BCUT2D eigenvalue weighted by molar-refractivity contribution is 0.185. The molecule has 1 aliphatic carbocycles. The first kappa shape index (κ1) is 11.6. The number of aliphatic hydroxyl groups is 1. The molecule has 2 rings (SSSR count). The molecule has 2 unspecified atom stereocenters. The predicted molar refractivity (Wildman–Crippen MR) is 66.6 cm³/mol. The maximum Gasteiger partial charge on any atom is 0.0636 e. The maximum absolute atomic E-state index is 9.32. The van der Waals surface area contributed by atoms with Crippen molar-refractivity contribution in [2.24, 2.45) is 0 Å². The Kier molecular flexibility index (Phi) is 3.31. The van der Waals surface area contributed by atoms with Gasteiger partial charge in [-0.3, -0.25) is 0 Å². The quantitative estimate of drug-likeness (QED) is 0.818. The summed E-state index contributed by atoms with van der Waals surface area (Å²) in [6, 6.07) is 6.95. The molecule has 1 aromatic carbocycles. The van der Waals surface area contributed by atoms with Crippen LogP contribution in [0.4, 0.5) is 0 Å². The Morgan fingerprint density at radius 3 is 2.94 bits per heavy atom. The van der Waals surface area contributed by atoms with Crippen LogP contribution in [0.2, 0.25) is 0 Å². The highest BCUT2D eigenvalue weighted by atomic mass is 16.3. The van der Waals surface area contributed by atoms with Crippen molar-refractivity contribution in [2.75, 3.05) is 6.54 Å². The summed E-state index contributed by atoms with van der Waals surface area (Å²) in [6.07, 6.45) is 0.872. The molecule has 88 valence electrons. The second-order valence-electron chi connectivity index (χ2n) is 5.02. The standard InChI is InChI=1S/C14H21NO/c1-9-5-4-6-12-13(15-8-11(3)16)7-10(2)14(9)12/h4-6,10-11,13,15-16H,7-8H2,1-3H3/t10?,11-,13?/m1/s1. The summed E-state index contributed by atoms with van der Waals surface area (Å²) in [5.74, 6) is 0.627. The van der Waals surface area contributed by atoms with Crippen LogP contribution in [-0.4, -0.2) is 17.8 Å². The van der Waals surface area contributed by atoms with E-state index in [-0.39, 0.29) is 6.10 Å². The van der Waals surface area contributed by atoms with E-state index in [0.29, 0.717) is 18.5 Å². The van der Waals surface area contributed by atoms with Crippen LogP contribution in [0.25, 0.3) is 0 Å². The molecular formula is C14H21NO. The van der Waals surface area contributed by atoms with Crippen molar-refractivity contribution in [1.29, 1.82) is 0 Å². The third-order valence-electron chi connectivity index (χ3n) is 3.47. The molecule has 2 heteroatoms. The van der Waals surface area contributed by atoms with Gasteiger partial charge >= 0.3 is 0 Å². The summed E-state index contributed by atoms with van der Waals surface area (Å²) in [6.45, 7) is 6.97. The van der Waals surface area contributed by atoms with Crippen LogP contribution in [0.5, 0.6) is 0 Å². The Hall–Kier alpha value is -0.860. The lowest BCUT2D eigenvalue weighted by atomic mass is 9.98. The van der Waals surface area contributed by atoms with Gasteiger partial charge in [-0.05, 0) is 42.9 Å². The van der Waals surface area contributed by atoms with E-state index < -0.39 is 0 Å². The average molecular weight is 219 g/mol. The Morgan fingerprint density at radius 1 is 1.50 bits per heavy atom. The van der Waals surface area contributed by atoms with Crippen molar-refractivity contribution >= 4 is 0 Å². The minimum atomic E-state index is -0.274. The van der Waals surface area contributed by atoms with Gasteiger partial charge in [-0.25, -0.2) is 0 Å². The molecule has 0 aromatic heterocycles. The van der Waals surface area contributed by atoms with E-state index in [1.165, 1.54) is 16.7 Å². The fourth-order valence-electron chi connectivity index (χ4n) is 2.78. The van der Waals surface area contributed by atoms with Gasteiger partial charge in [0, 0.05) is 12.6 Å². The second kappa shape index (κ2) is 4.56. The molecule has 0 radical (unpaired) electrons. The van der Waals surface area contributed by atoms with E-state index in [1.807, 2.05) is 6.92 Å². The van der Waals surface area contributed by atoms with Gasteiger partial charge in [0.05, 0.1) is 6.10 Å². The molecule has 16 heavy (non-hydrogen) atoms. The summed E-state index contributed by atoms with van der Waals surface area (Å²) in [5, 5.41) is 12.8. The van der Waals surface area contributed by atoms with Gasteiger partial charge < -0.3 is 10.4 Å². The Balaban J connectivity index is 2.19. The highest BCUT2D eigenvalue weighted by Crippen LogP contribution is 2.41. The van der Waals surface area contributed by atoms with Gasteiger partial charge in [0.15, 0.2) is 0 Å². The fraction of sp³-hybridized carbons (Fsp3) is 0.571. The number of benzene rings is 1. The van der Waals surface area contributed by atoms with Gasteiger partial charge in [0.2, 0.25) is 0 Å². The molecule has 2 N–H and O–H groups in total. The molecule has 0 saturated carbocycles. The summed E-state index contributed by atoms with van der Waals surface area (Å²) < 4.78 is 0. The van der Waals surface area contributed by atoms with Gasteiger partial charge in [-0.2, -0.15) is 0 Å². The Morgan fingerprint density at radius 2 is 2.25 bits per heavy atom. The van der Waals surface area contributed by atoms with Gasteiger partial charge in [-0.1, -0.05) is 25.1 Å². The second-order valence-corrected chi connectivity index (χ2v) is 5.02. The van der Waals surface area contributed by atoms with Gasteiger partial charge in [0.1, 0.15) is 0 Å². The lowest BCUT2D eigenvalue weighted by Crippen LogP contribution is -2.27. The van der Waals surface area contributed by atoms with Crippen LogP contribution in [0.15, 0.2) is 18.2 Å². The summed E-state index contributed by atoms with van der Waals surface area (Å²) in [4.78, 5) is 0. The van der Waals surface area contributed by atoms with E-state index in [4.69, 9.17) is 0 Å². The van der Waals surface area contributed by atoms with E-state index in [1.54, 1.807) is 0 Å². The molecule has 0 fully saturated rings. The van der Waals surface area contributed by atoms with Crippen molar-refractivity contribution in [3.63, 3.8) is 0 Å². The topological polar surface area (TPSA) is 32.3 Å². The first-order valence-electron chi connectivity index (χ1n) is 6.10. The molecule has 0 heterocycles. The molecule has 0 spiro atoms. The minimum absolute atomic E-state index is 0.274. The van der Waals surface area contributed by atoms with Gasteiger partial charge in [-0.15, -0.1) is 0 Å². The molecule has 3 atom stereocenters. The number of rotatable bonds is 3. The van der Waals surface area contributed by atoms with Crippen molar-refractivity contribution in [3.8, 4) is 0 Å². The molecule has 0 aliphatic heterocycles. The monoisotopic (exact) mass is 219 g/mol. The number of hydrogen-bond donors (Lipinski definition) is 2. The summed E-state index contributed by atoms with van der Waals surface area (Å²) >= 11 is 0. The van der Waals surface area contributed by atoms with Crippen molar-refractivity contribution in [3.05, 3.63) is 34.9 Å². The third-order valence-corrected chi connectivity index (χ3v) is 3.47. The molecule has 0 saturated heterocycles. The summed E-state index contributed by atoms with van der Waals surface area (Å²) in [5.41, 5.74) is 4.32. The zero-order valence-corrected chi connectivity index (χ0v) is 10.3.